The van der Waals surface area contributed by atoms with Gasteiger partial charge in [-0.2, -0.15) is 0 Å². The van der Waals surface area contributed by atoms with E-state index >= 15 is 0 Å². The van der Waals surface area contributed by atoms with Crippen LogP contribution in [0.25, 0.3) is 5.57 Å². The van der Waals surface area contributed by atoms with Crippen molar-refractivity contribution in [3.63, 3.8) is 0 Å². The monoisotopic (exact) mass is 358 g/mol. The van der Waals surface area contributed by atoms with E-state index < -0.39 is 0 Å². The molecule has 1 aromatic carbocycles. The van der Waals surface area contributed by atoms with Gasteiger partial charge < -0.3 is 9.47 Å². The van der Waals surface area contributed by atoms with E-state index in [-0.39, 0.29) is 18.0 Å². The highest BCUT2D eigenvalue weighted by Gasteiger charge is 2.06. The molecule has 0 N–H and O–H groups in total. The molecule has 142 valence electrons. The minimum atomic E-state index is -0.361. The molecule has 4 nitrogen and oxygen atoms in total. The highest BCUT2D eigenvalue weighted by Crippen LogP contribution is 2.15. The number of unbranched alkanes of at least 4 members (excludes halogenated alkanes) is 1. The smallest absolute Gasteiger partial charge is 0.337 e. The van der Waals surface area contributed by atoms with E-state index in [9.17, 15) is 9.59 Å². The standard InChI is InChI=1S/C16H20O2.C6H10O2/c1-4-5-11-18-16(17)14(3)12-13(2)15-9-7-6-8-10-15;1-4-6(7)8-5(2)3/h6-10,12H,3-5,11H2,1-2H3;4-5H,1H2,2-3H3. The predicted octanol–water partition coefficient (Wildman–Crippen LogP) is 5.11. The molecule has 0 aromatic heterocycles. The summed E-state index contributed by atoms with van der Waals surface area (Å²) in [6.45, 7) is 15.1. The van der Waals surface area contributed by atoms with Crippen LogP contribution in [0.2, 0.25) is 0 Å². The summed E-state index contributed by atoms with van der Waals surface area (Å²) >= 11 is 0. The Morgan fingerprint density at radius 2 is 1.81 bits per heavy atom. The van der Waals surface area contributed by atoms with Crippen LogP contribution in [0, 0.1) is 0 Å². The van der Waals surface area contributed by atoms with Gasteiger partial charge in [-0.25, -0.2) is 9.59 Å². The molecule has 0 heterocycles. The molecule has 0 aliphatic heterocycles. The first-order valence-electron chi connectivity index (χ1n) is 8.74. The zero-order chi connectivity index (χ0) is 19.9. The first-order chi connectivity index (χ1) is 12.3. The van der Waals surface area contributed by atoms with Gasteiger partial charge in [0, 0.05) is 6.08 Å². The number of benzene rings is 1. The Morgan fingerprint density at radius 1 is 1.19 bits per heavy atom. The number of rotatable bonds is 8. The van der Waals surface area contributed by atoms with Crippen molar-refractivity contribution in [1.82, 2.24) is 0 Å². The molecule has 1 aromatic rings. The molecule has 0 saturated carbocycles. The second-order valence-corrected chi connectivity index (χ2v) is 5.90. The Balaban J connectivity index is 0.000000660. The van der Waals surface area contributed by atoms with Gasteiger partial charge in [-0.3, -0.25) is 0 Å². The van der Waals surface area contributed by atoms with E-state index in [1.807, 2.05) is 37.3 Å². The molecule has 1 rings (SSSR count). The SMILES string of the molecule is C=C(C=C(C)c1ccccc1)C(=O)OCCCC.C=CC(=O)OC(C)C. The van der Waals surface area contributed by atoms with Crippen molar-refractivity contribution >= 4 is 17.5 Å². The van der Waals surface area contributed by atoms with Crippen LogP contribution in [0.4, 0.5) is 0 Å². The molecule has 0 radical (unpaired) electrons. The maximum absolute atomic E-state index is 11.6. The maximum atomic E-state index is 11.6. The highest BCUT2D eigenvalue weighted by atomic mass is 16.5. The van der Waals surface area contributed by atoms with Crippen LogP contribution in [-0.4, -0.2) is 24.6 Å². The fraction of sp³-hybridized carbons (Fsp3) is 0.364. The van der Waals surface area contributed by atoms with Crippen molar-refractivity contribution in [3.8, 4) is 0 Å². The van der Waals surface area contributed by atoms with E-state index in [0.717, 1.165) is 30.1 Å². The molecule has 0 saturated heterocycles. The molecule has 0 spiro atoms. The van der Waals surface area contributed by atoms with Gasteiger partial charge in [-0.15, -0.1) is 0 Å². The lowest BCUT2D eigenvalue weighted by molar-refractivity contribution is -0.141. The topological polar surface area (TPSA) is 52.6 Å². The van der Waals surface area contributed by atoms with Crippen LogP contribution >= 0.6 is 0 Å². The van der Waals surface area contributed by atoms with E-state index in [4.69, 9.17) is 4.74 Å². The van der Waals surface area contributed by atoms with Crippen LogP contribution in [0.1, 0.15) is 46.1 Å². The molecule has 26 heavy (non-hydrogen) atoms. The summed E-state index contributed by atoms with van der Waals surface area (Å²) in [6, 6.07) is 9.90. The molecule has 0 unspecified atom stereocenters. The van der Waals surface area contributed by atoms with Gasteiger partial charge in [-0.05, 0) is 44.4 Å². The van der Waals surface area contributed by atoms with Crippen molar-refractivity contribution < 1.29 is 19.1 Å². The second kappa shape index (κ2) is 13.6. The van der Waals surface area contributed by atoms with Crippen molar-refractivity contribution in [3.05, 3.63) is 66.8 Å². The van der Waals surface area contributed by atoms with Gasteiger partial charge in [0.25, 0.3) is 0 Å². The molecule has 4 heteroatoms. The lowest BCUT2D eigenvalue weighted by Gasteiger charge is -2.05. The van der Waals surface area contributed by atoms with Gasteiger partial charge in [0.2, 0.25) is 0 Å². The van der Waals surface area contributed by atoms with Gasteiger partial charge in [0.05, 0.1) is 18.3 Å². The predicted molar refractivity (Wildman–Crippen MR) is 107 cm³/mol. The first-order valence-corrected chi connectivity index (χ1v) is 8.74. The van der Waals surface area contributed by atoms with Gasteiger partial charge in [0.1, 0.15) is 0 Å². The highest BCUT2D eigenvalue weighted by molar-refractivity contribution is 5.93. The molecule has 0 aliphatic carbocycles. The fourth-order valence-corrected chi connectivity index (χ4v) is 1.79. The normalized spacial score (nSPS) is 10.4. The van der Waals surface area contributed by atoms with Gasteiger partial charge in [0.15, 0.2) is 0 Å². The van der Waals surface area contributed by atoms with Crippen LogP contribution < -0.4 is 0 Å². The van der Waals surface area contributed by atoms with Gasteiger partial charge >= 0.3 is 11.9 Å². The largest absolute Gasteiger partial charge is 0.462 e. The summed E-state index contributed by atoms with van der Waals surface area (Å²) in [7, 11) is 0. The van der Waals surface area contributed by atoms with Crippen LogP contribution in [0.3, 0.4) is 0 Å². The van der Waals surface area contributed by atoms with E-state index in [0.29, 0.717) is 12.2 Å². The van der Waals surface area contributed by atoms with Crippen LogP contribution in [-0.2, 0) is 19.1 Å². The number of esters is 2. The van der Waals surface area contributed by atoms with E-state index in [1.54, 1.807) is 19.9 Å². The maximum Gasteiger partial charge on any atom is 0.337 e. The minimum Gasteiger partial charge on any atom is -0.462 e. The third kappa shape index (κ3) is 11.0. The summed E-state index contributed by atoms with van der Waals surface area (Å²) in [4.78, 5) is 21.9. The van der Waals surface area contributed by atoms with Crippen molar-refractivity contribution in [1.29, 1.82) is 0 Å². The Kier molecular flexibility index (Phi) is 12.3. The molecule has 0 fully saturated rings. The number of hydrogen-bond donors (Lipinski definition) is 0. The molecule has 0 bridgehead atoms. The molecule has 0 amide bonds. The van der Waals surface area contributed by atoms with Crippen molar-refractivity contribution in [2.45, 2.75) is 46.6 Å². The first kappa shape index (κ1) is 23.4. The summed E-state index contributed by atoms with van der Waals surface area (Å²) in [5.41, 5.74) is 2.49. The summed E-state index contributed by atoms with van der Waals surface area (Å²) in [6.07, 6.45) is 4.78. The Bertz CT molecular complexity index is 612. The molecule has 0 aliphatic rings. The summed E-state index contributed by atoms with van der Waals surface area (Å²) < 4.78 is 9.74. The second-order valence-electron chi connectivity index (χ2n) is 5.90. The third-order valence-corrected chi connectivity index (χ3v) is 3.13. The van der Waals surface area contributed by atoms with E-state index in [2.05, 4.69) is 24.8 Å². The lowest BCUT2D eigenvalue weighted by Crippen LogP contribution is -2.07. The molecular formula is C22H30O4. The Morgan fingerprint density at radius 3 is 2.27 bits per heavy atom. The number of carbonyl (C=O) groups is 2. The summed E-state index contributed by atoms with van der Waals surface area (Å²) in [5, 5.41) is 0. The average molecular weight is 358 g/mol. The lowest BCUT2D eigenvalue weighted by atomic mass is 10.1. The minimum absolute atomic E-state index is 0.0412. The average Bonchev–Trinajstić information content (AvgIpc) is 2.62. The van der Waals surface area contributed by atoms with Crippen LogP contribution in [0.5, 0.6) is 0 Å². The van der Waals surface area contributed by atoms with E-state index in [1.165, 1.54) is 0 Å². The molecular weight excluding hydrogens is 328 g/mol. The molecule has 0 atom stereocenters. The zero-order valence-electron chi connectivity index (χ0n) is 16.3. The Hall–Kier alpha value is -2.62. The number of allylic oxidation sites excluding steroid dienone is 1. The van der Waals surface area contributed by atoms with Crippen molar-refractivity contribution in [2.75, 3.05) is 6.61 Å². The van der Waals surface area contributed by atoms with Crippen LogP contribution in [0.15, 0.2) is 61.2 Å². The van der Waals surface area contributed by atoms with Gasteiger partial charge in [-0.1, -0.05) is 56.8 Å². The summed E-state index contributed by atoms with van der Waals surface area (Å²) in [5.74, 6) is -0.696. The third-order valence-electron chi connectivity index (χ3n) is 3.13. The quantitative estimate of drug-likeness (QED) is 0.280. The zero-order valence-corrected chi connectivity index (χ0v) is 16.3. The number of hydrogen-bond acceptors (Lipinski definition) is 4. The number of ether oxygens (including phenoxy) is 2. The Labute approximate surface area is 157 Å². The fourth-order valence-electron chi connectivity index (χ4n) is 1.79. The number of carbonyl (C=O) groups excluding carboxylic acids is 2. The van der Waals surface area contributed by atoms with Crippen molar-refractivity contribution in [2.24, 2.45) is 0 Å².